The Morgan fingerprint density at radius 1 is 1.40 bits per heavy atom. The summed E-state index contributed by atoms with van der Waals surface area (Å²) in [7, 11) is 0. The first-order valence-corrected chi connectivity index (χ1v) is 8.39. The van der Waals surface area contributed by atoms with E-state index >= 15 is 0 Å². The lowest BCUT2D eigenvalue weighted by molar-refractivity contribution is 0.0930. The van der Waals surface area contributed by atoms with E-state index in [0.717, 1.165) is 39.3 Å². The average molecular weight is 341 g/mol. The van der Waals surface area contributed by atoms with Crippen molar-refractivity contribution in [3.05, 3.63) is 28.2 Å². The molecular formula is C16H25BrN2O. The van der Waals surface area contributed by atoms with Gasteiger partial charge in [0.05, 0.1) is 19.3 Å². The SMILES string of the molecule is CCCNCc1ccc(N2CCOCC2CC)cc1Br. The van der Waals surface area contributed by atoms with E-state index in [1.807, 2.05) is 0 Å². The van der Waals surface area contributed by atoms with E-state index in [1.54, 1.807) is 0 Å². The van der Waals surface area contributed by atoms with Gasteiger partial charge in [-0.1, -0.05) is 35.8 Å². The smallest absolute Gasteiger partial charge is 0.0670 e. The molecule has 0 amide bonds. The van der Waals surface area contributed by atoms with E-state index < -0.39 is 0 Å². The average Bonchev–Trinajstić information content (AvgIpc) is 2.49. The van der Waals surface area contributed by atoms with Gasteiger partial charge >= 0.3 is 0 Å². The number of halogens is 1. The second-order valence-electron chi connectivity index (χ2n) is 5.28. The molecule has 2 rings (SSSR count). The number of morpholine rings is 1. The van der Waals surface area contributed by atoms with Crippen molar-refractivity contribution in [2.45, 2.75) is 39.3 Å². The Hall–Kier alpha value is -0.580. The summed E-state index contributed by atoms with van der Waals surface area (Å²) in [6.07, 6.45) is 2.29. The minimum Gasteiger partial charge on any atom is -0.377 e. The van der Waals surface area contributed by atoms with Gasteiger partial charge in [-0.05, 0) is 37.1 Å². The van der Waals surface area contributed by atoms with Crippen LogP contribution in [0.15, 0.2) is 22.7 Å². The minimum absolute atomic E-state index is 0.500. The molecule has 1 atom stereocenters. The van der Waals surface area contributed by atoms with Crippen LogP contribution < -0.4 is 10.2 Å². The van der Waals surface area contributed by atoms with Crippen molar-refractivity contribution in [3.8, 4) is 0 Å². The van der Waals surface area contributed by atoms with E-state index in [0.29, 0.717) is 6.04 Å². The first kappa shape index (κ1) is 15.8. The van der Waals surface area contributed by atoms with Crippen LogP contribution >= 0.6 is 15.9 Å². The van der Waals surface area contributed by atoms with Crippen molar-refractivity contribution in [1.82, 2.24) is 5.32 Å². The lowest BCUT2D eigenvalue weighted by Gasteiger charge is -2.37. The molecule has 0 spiro atoms. The molecule has 4 heteroatoms. The molecular weight excluding hydrogens is 316 g/mol. The van der Waals surface area contributed by atoms with Crippen molar-refractivity contribution < 1.29 is 4.74 Å². The van der Waals surface area contributed by atoms with Crippen LogP contribution in [-0.2, 0) is 11.3 Å². The maximum atomic E-state index is 5.58. The summed E-state index contributed by atoms with van der Waals surface area (Å²) < 4.78 is 6.78. The zero-order valence-corrected chi connectivity index (χ0v) is 14.1. The number of nitrogens with one attached hydrogen (secondary N) is 1. The third-order valence-corrected chi connectivity index (χ3v) is 4.55. The highest BCUT2D eigenvalue weighted by Gasteiger charge is 2.21. The zero-order chi connectivity index (χ0) is 14.4. The number of ether oxygens (including phenoxy) is 1. The van der Waals surface area contributed by atoms with Gasteiger partial charge in [-0.2, -0.15) is 0 Å². The second-order valence-corrected chi connectivity index (χ2v) is 6.14. The van der Waals surface area contributed by atoms with Gasteiger partial charge in [-0.3, -0.25) is 0 Å². The molecule has 0 radical (unpaired) electrons. The molecule has 0 aliphatic carbocycles. The highest BCUT2D eigenvalue weighted by atomic mass is 79.9. The summed E-state index contributed by atoms with van der Waals surface area (Å²) in [6, 6.07) is 7.21. The molecule has 1 heterocycles. The van der Waals surface area contributed by atoms with Gasteiger partial charge in [-0.25, -0.2) is 0 Å². The van der Waals surface area contributed by atoms with Gasteiger partial charge in [0.15, 0.2) is 0 Å². The van der Waals surface area contributed by atoms with E-state index in [2.05, 4.69) is 58.2 Å². The van der Waals surface area contributed by atoms with Crippen LogP contribution in [-0.4, -0.2) is 32.3 Å². The number of benzene rings is 1. The third kappa shape index (κ3) is 3.96. The fourth-order valence-corrected chi connectivity index (χ4v) is 3.10. The lowest BCUT2D eigenvalue weighted by atomic mass is 10.1. The highest BCUT2D eigenvalue weighted by molar-refractivity contribution is 9.10. The molecule has 1 N–H and O–H groups in total. The minimum atomic E-state index is 0.500. The second kappa shape index (κ2) is 8.01. The van der Waals surface area contributed by atoms with Crippen LogP contribution in [0.3, 0.4) is 0 Å². The molecule has 0 bridgehead atoms. The maximum absolute atomic E-state index is 5.58. The zero-order valence-electron chi connectivity index (χ0n) is 12.5. The Morgan fingerprint density at radius 2 is 2.25 bits per heavy atom. The molecule has 1 fully saturated rings. The predicted octanol–water partition coefficient (Wildman–Crippen LogP) is 3.56. The number of rotatable bonds is 6. The normalized spacial score (nSPS) is 19.4. The lowest BCUT2D eigenvalue weighted by Crippen LogP contribution is -2.45. The van der Waals surface area contributed by atoms with Crippen molar-refractivity contribution in [3.63, 3.8) is 0 Å². The van der Waals surface area contributed by atoms with Crippen molar-refractivity contribution in [2.24, 2.45) is 0 Å². The summed E-state index contributed by atoms with van der Waals surface area (Å²) in [4.78, 5) is 2.47. The quantitative estimate of drug-likeness (QED) is 0.801. The highest BCUT2D eigenvalue weighted by Crippen LogP contribution is 2.27. The van der Waals surface area contributed by atoms with Gasteiger partial charge in [0.1, 0.15) is 0 Å². The van der Waals surface area contributed by atoms with Gasteiger partial charge in [0.25, 0.3) is 0 Å². The molecule has 1 unspecified atom stereocenters. The largest absolute Gasteiger partial charge is 0.377 e. The Balaban J connectivity index is 2.07. The van der Waals surface area contributed by atoms with E-state index in [1.165, 1.54) is 22.1 Å². The van der Waals surface area contributed by atoms with Crippen molar-refractivity contribution in [2.75, 3.05) is 31.2 Å². The van der Waals surface area contributed by atoms with Gasteiger partial charge in [0.2, 0.25) is 0 Å². The molecule has 1 aliphatic rings. The first-order chi connectivity index (χ1) is 9.76. The Kier molecular flexibility index (Phi) is 6.33. The maximum Gasteiger partial charge on any atom is 0.0670 e. The van der Waals surface area contributed by atoms with Crippen molar-refractivity contribution in [1.29, 1.82) is 0 Å². The van der Waals surface area contributed by atoms with Crippen molar-refractivity contribution >= 4 is 21.6 Å². The summed E-state index contributed by atoms with van der Waals surface area (Å²) in [5.74, 6) is 0. The topological polar surface area (TPSA) is 24.5 Å². The van der Waals surface area contributed by atoms with Crippen LogP contribution in [0, 0.1) is 0 Å². The molecule has 1 aromatic carbocycles. The number of anilines is 1. The number of nitrogens with zero attached hydrogens (tertiary/aromatic N) is 1. The summed E-state index contributed by atoms with van der Waals surface area (Å²) in [5, 5.41) is 3.45. The Labute approximate surface area is 130 Å². The molecule has 112 valence electrons. The summed E-state index contributed by atoms with van der Waals surface area (Å²) >= 11 is 3.71. The van der Waals surface area contributed by atoms with E-state index in [-0.39, 0.29) is 0 Å². The predicted molar refractivity (Wildman–Crippen MR) is 88.4 cm³/mol. The third-order valence-electron chi connectivity index (χ3n) is 3.81. The molecule has 1 aliphatic heterocycles. The standard InChI is InChI=1S/C16H25BrN2O/c1-3-7-18-11-13-5-6-15(10-16(13)17)19-8-9-20-12-14(19)4-2/h5-6,10,14,18H,3-4,7-9,11-12H2,1-2H3. The molecule has 0 aromatic heterocycles. The van der Waals surface area contributed by atoms with E-state index in [9.17, 15) is 0 Å². The Morgan fingerprint density at radius 3 is 2.95 bits per heavy atom. The summed E-state index contributed by atoms with van der Waals surface area (Å²) in [5.41, 5.74) is 2.62. The van der Waals surface area contributed by atoms with E-state index in [4.69, 9.17) is 4.74 Å². The van der Waals surface area contributed by atoms with Crippen LogP contribution in [0.25, 0.3) is 0 Å². The van der Waals surface area contributed by atoms with Crippen LogP contribution in [0.5, 0.6) is 0 Å². The molecule has 0 saturated carbocycles. The number of hydrogen-bond donors (Lipinski definition) is 1. The molecule has 1 aromatic rings. The van der Waals surface area contributed by atoms with Crippen LogP contribution in [0.1, 0.15) is 32.3 Å². The number of hydrogen-bond acceptors (Lipinski definition) is 3. The first-order valence-electron chi connectivity index (χ1n) is 7.59. The van der Waals surface area contributed by atoms with Gasteiger partial charge < -0.3 is 15.0 Å². The van der Waals surface area contributed by atoms with Crippen LogP contribution in [0.4, 0.5) is 5.69 Å². The fourth-order valence-electron chi connectivity index (χ4n) is 2.59. The Bertz CT molecular complexity index is 425. The molecule has 3 nitrogen and oxygen atoms in total. The van der Waals surface area contributed by atoms with Gasteiger partial charge in [-0.15, -0.1) is 0 Å². The van der Waals surface area contributed by atoms with Crippen LogP contribution in [0.2, 0.25) is 0 Å². The molecule has 20 heavy (non-hydrogen) atoms. The molecule has 1 saturated heterocycles. The fraction of sp³-hybridized carbons (Fsp3) is 0.625. The monoisotopic (exact) mass is 340 g/mol. The van der Waals surface area contributed by atoms with Gasteiger partial charge in [0, 0.05) is 23.2 Å². The summed E-state index contributed by atoms with van der Waals surface area (Å²) in [6.45, 7) is 9.06.